The second-order valence-electron chi connectivity index (χ2n) is 2.51. The molecule has 0 spiro atoms. The van der Waals surface area contributed by atoms with E-state index in [-0.39, 0.29) is 40.0 Å². The number of rotatable bonds is 4. The Labute approximate surface area is 92.1 Å². The van der Waals surface area contributed by atoms with Crippen LogP contribution in [0.25, 0.3) is 0 Å². The molecule has 0 fully saturated rings. The summed E-state index contributed by atoms with van der Waals surface area (Å²) in [6, 6.07) is 0. The first-order valence-corrected chi connectivity index (χ1v) is 3.60. The molecular formula is C8H17BrMg. The van der Waals surface area contributed by atoms with E-state index in [0.29, 0.717) is 0 Å². The van der Waals surface area contributed by atoms with Gasteiger partial charge in [-0.15, -0.1) is 0 Å². The molecule has 0 bridgehead atoms. The van der Waals surface area contributed by atoms with E-state index >= 15 is 0 Å². The van der Waals surface area contributed by atoms with Crippen LogP contribution in [0.3, 0.4) is 0 Å². The third kappa shape index (κ3) is 12.0. The van der Waals surface area contributed by atoms with E-state index in [9.17, 15) is 0 Å². The number of hydrogen-bond acceptors (Lipinski definition) is 0. The Bertz CT molecular complexity index is 48.5. The summed E-state index contributed by atoms with van der Waals surface area (Å²) in [4.78, 5) is 0. The van der Waals surface area contributed by atoms with Crippen LogP contribution in [0.1, 0.15) is 39.5 Å². The summed E-state index contributed by atoms with van der Waals surface area (Å²) in [5.74, 6) is 0.914. The molecule has 0 aliphatic rings. The molecule has 0 heterocycles. The average Bonchev–Trinajstić information content (AvgIpc) is 1.83. The minimum Gasteiger partial charge on any atom is -1.00 e. The molecule has 0 radical (unpaired) electrons. The van der Waals surface area contributed by atoms with Gasteiger partial charge in [-0.25, -0.2) is 0 Å². The van der Waals surface area contributed by atoms with E-state index in [1.165, 1.54) is 19.3 Å². The average molecular weight is 217 g/mol. The first-order valence-electron chi connectivity index (χ1n) is 3.60. The molecule has 58 valence electrons. The molecule has 0 aromatic heterocycles. The van der Waals surface area contributed by atoms with Gasteiger partial charge in [-0.05, 0) is 5.92 Å². The summed E-state index contributed by atoms with van der Waals surface area (Å²) in [6.07, 6.45) is 5.08. The Hall–Kier alpha value is 1.25. The Kier molecular flexibility index (Phi) is 22.4. The summed E-state index contributed by atoms with van der Waals surface area (Å²) in [5.41, 5.74) is 0. The normalized spacial score (nSPS) is 11.1. The molecule has 2 heteroatoms. The van der Waals surface area contributed by atoms with Crippen molar-refractivity contribution in [2.24, 2.45) is 5.92 Å². The van der Waals surface area contributed by atoms with Gasteiger partial charge in [0.05, 0.1) is 0 Å². The van der Waals surface area contributed by atoms with Gasteiger partial charge in [0.15, 0.2) is 0 Å². The summed E-state index contributed by atoms with van der Waals surface area (Å²) in [6.45, 7) is 8.34. The maximum absolute atomic E-state index is 3.79. The van der Waals surface area contributed by atoms with Gasteiger partial charge in [-0.2, -0.15) is 6.42 Å². The van der Waals surface area contributed by atoms with Gasteiger partial charge in [-0.3, -0.25) is 0 Å². The molecule has 0 amide bonds. The molecule has 0 nitrogen and oxygen atoms in total. The van der Waals surface area contributed by atoms with Crippen LogP contribution in [0, 0.1) is 12.8 Å². The fourth-order valence-corrected chi connectivity index (χ4v) is 0.697. The molecule has 0 aromatic carbocycles. The summed E-state index contributed by atoms with van der Waals surface area (Å²) in [7, 11) is 0. The van der Waals surface area contributed by atoms with Gasteiger partial charge in [0, 0.05) is 0 Å². The van der Waals surface area contributed by atoms with Crippen LogP contribution in [0.5, 0.6) is 0 Å². The smallest absolute Gasteiger partial charge is 1.00 e. The quantitative estimate of drug-likeness (QED) is 0.446. The van der Waals surface area contributed by atoms with Gasteiger partial charge >= 0.3 is 23.1 Å². The SMILES string of the molecule is [Br-].[CH2-]CCCC(C)CC.[Mg+2]. The van der Waals surface area contributed by atoms with Crippen molar-refractivity contribution in [1.29, 1.82) is 0 Å². The number of halogens is 1. The van der Waals surface area contributed by atoms with E-state index in [2.05, 4.69) is 20.8 Å². The zero-order valence-corrected chi connectivity index (χ0v) is 10.2. The van der Waals surface area contributed by atoms with Crippen LogP contribution in [-0.4, -0.2) is 23.1 Å². The van der Waals surface area contributed by atoms with Crippen molar-refractivity contribution in [2.45, 2.75) is 39.5 Å². The van der Waals surface area contributed by atoms with E-state index in [4.69, 9.17) is 0 Å². The molecule has 0 N–H and O–H groups in total. The summed E-state index contributed by atoms with van der Waals surface area (Å²) < 4.78 is 0. The van der Waals surface area contributed by atoms with E-state index in [1.807, 2.05) is 0 Å². The first kappa shape index (κ1) is 17.4. The van der Waals surface area contributed by atoms with Crippen molar-refractivity contribution >= 4 is 23.1 Å². The maximum Gasteiger partial charge on any atom is 2.00 e. The topological polar surface area (TPSA) is 0 Å². The molecule has 1 atom stereocenters. The van der Waals surface area contributed by atoms with Crippen molar-refractivity contribution in [3.63, 3.8) is 0 Å². The van der Waals surface area contributed by atoms with Gasteiger partial charge in [0.25, 0.3) is 0 Å². The summed E-state index contributed by atoms with van der Waals surface area (Å²) >= 11 is 0. The largest absolute Gasteiger partial charge is 2.00 e. The predicted molar refractivity (Wildman–Crippen MR) is 44.4 cm³/mol. The van der Waals surface area contributed by atoms with Crippen LogP contribution in [0.15, 0.2) is 0 Å². The second kappa shape index (κ2) is 12.9. The molecule has 10 heavy (non-hydrogen) atoms. The van der Waals surface area contributed by atoms with Crippen molar-refractivity contribution in [3.8, 4) is 0 Å². The van der Waals surface area contributed by atoms with Gasteiger partial charge in [-0.1, -0.05) is 33.1 Å². The van der Waals surface area contributed by atoms with Crippen LogP contribution < -0.4 is 17.0 Å². The minimum atomic E-state index is 0. The van der Waals surface area contributed by atoms with Gasteiger partial charge in [0.2, 0.25) is 0 Å². The summed E-state index contributed by atoms with van der Waals surface area (Å²) in [5, 5.41) is 0. The second-order valence-corrected chi connectivity index (χ2v) is 2.51. The number of unbranched alkanes of at least 4 members (excludes halogenated alkanes) is 1. The first-order chi connectivity index (χ1) is 3.81. The van der Waals surface area contributed by atoms with Crippen LogP contribution >= 0.6 is 0 Å². The van der Waals surface area contributed by atoms with Crippen molar-refractivity contribution < 1.29 is 17.0 Å². The van der Waals surface area contributed by atoms with Crippen LogP contribution in [-0.2, 0) is 0 Å². The number of hydrogen-bond donors (Lipinski definition) is 0. The molecule has 1 unspecified atom stereocenters. The molecule has 0 aromatic rings. The zero-order chi connectivity index (χ0) is 6.41. The molecule has 0 saturated heterocycles. The van der Waals surface area contributed by atoms with Gasteiger partial charge < -0.3 is 23.9 Å². The maximum atomic E-state index is 3.79. The third-order valence-electron chi connectivity index (χ3n) is 1.64. The Morgan fingerprint density at radius 2 is 1.90 bits per heavy atom. The van der Waals surface area contributed by atoms with Gasteiger partial charge in [0.1, 0.15) is 0 Å². The van der Waals surface area contributed by atoms with Crippen LogP contribution in [0.2, 0.25) is 0 Å². The van der Waals surface area contributed by atoms with E-state index in [1.54, 1.807) is 0 Å². The fraction of sp³-hybridized carbons (Fsp3) is 0.875. The van der Waals surface area contributed by atoms with Crippen molar-refractivity contribution in [3.05, 3.63) is 6.92 Å². The Morgan fingerprint density at radius 1 is 1.40 bits per heavy atom. The minimum absolute atomic E-state index is 0. The van der Waals surface area contributed by atoms with E-state index in [0.717, 1.165) is 12.3 Å². The molecule has 0 saturated carbocycles. The monoisotopic (exact) mass is 216 g/mol. The molecule has 0 aliphatic heterocycles. The third-order valence-corrected chi connectivity index (χ3v) is 1.64. The van der Waals surface area contributed by atoms with Crippen molar-refractivity contribution in [2.75, 3.05) is 0 Å². The predicted octanol–water partition coefficient (Wildman–Crippen LogP) is -0.340. The Morgan fingerprint density at radius 3 is 2.20 bits per heavy atom. The van der Waals surface area contributed by atoms with Crippen LogP contribution in [0.4, 0.5) is 0 Å². The zero-order valence-electron chi connectivity index (χ0n) is 7.20. The molecule has 0 rings (SSSR count). The Balaban J connectivity index is -0.000000245. The standard InChI is InChI=1S/C8H17.BrH.Mg/c1-4-6-7-8(3)5-2;;/h8H,1,4-7H2,2-3H3;1H;/q-1;;+2/p-1. The fourth-order valence-electron chi connectivity index (χ4n) is 0.697. The van der Waals surface area contributed by atoms with Crippen molar-refractivity contribution in [1.82, 2.24) is 0 Å². The molecular weight excluding hydrogens is 200 g/mol. The van der Waals surface area contributed by atoms with E-state index < -0.39 is 0 Å². The molecule has 0 aliphatic carbocycles.